The van der Waals surface area contributed by atoms with Crippen LogP contribution in [0.15, 0.2) is 36.7 Å². The van der Waals surface area contributed by atoms with E-state index in [9.17, 15) is 4.79 Å². The molecule has 1 aromatic carbocycles. The van der Waals surface area contributed by atoms with Gasteiger partial charge in [-0.25, -0.2) is 4.79 Å². The second-order valence-corrected chi connectivity index (χ2v) is 4.56. The van der Waals surface area contributed by atoms with Crippen molar-refractivity contribution in [1.29, 1.82) is 0 Å². The quantitative estimate of drug-likeness (QED) is 0.935. The Morgan fingerprint density at radius 3 is 2.58 bits per heavy atom. The molecule has 0 aliphatic rings. The van der Waals surface area contributed by atoms with Gasteiger partial charge < -0.3 is 9.84 Å². The predicted molar refractivity (Wildman–Crippen MR) is 72.0 cm³/mol. The number of carboxylic acid groups (broad SMARTS) is 1. The first-order valence-corrected chi connectivity index (χ1v) is 6.07. The lowest BCUT2D eigenvalue weighted by molar-refractivity contribution is 0.0691. The van der Waals surface area contributed by atoms with Gasteiger partial charge in [0.15, 0.2) is 5.75 Å². The molecule has 2 aromatic rings. The molecule has 0 saturated carbocycles. The number of pyridine rings is 1. The first-order valence-electron chi connectivity index (χ1n) is 5.32. The van der Waals surface area contributed by atoms with Crippen molar-refractivity contribution in [3.63, 3.8) is 0 Å². The predicted octanol–water partition coefficient (Wildman–Crippen LogP) is 3.67. The molecule has 0 radical (unpaired) electrons. The Morgan fingerprint density at radius 1 is 1.26 bits per heavy atom. The molecule has 4 nitrogen and oxygen atoms in total. The van der Waals surface area contributed by atoms with E-state index < -0.39 is 5.97 Å². The lowest BCUT2D eigenvalue weighted by atomic mass is 10.2. The Morgan fingerprint density at radius 2 is 1.95 bits per heavy atom. The molecular weight excluding hydrogens is 289 g/mol. The van der Waals surface area contributed by atoms with Gasteiger partial charge in [-0.3, -0.25) is 4.98 Å². The summed E-state index contributed by atoms with van der Waals surface area (Å²) in [6.45, 7) is 0.199. The van der Waals surface area contributed by atoms with Crippen molar-refractivity contribution >= 4 is 29.2 Å². The molecule has 0 saturated heterocycles. The molecule has 0 aliphatic heterocycles. The molecule has 98 valence electrons. The molecule has 19 heavy (non-hydrogen) atoms. The highest BCUT2D eigenvalue weighted by Crippen LogP contribution is 2.33. The van der Waals surface area contributed by atoms with Gasteiger partial charge in [0.05, 0.1) is 5.02 Å². The number of hydrogen-bond donors (Lipinski definition) is 1. The molecule has 1 N–H and O–H groups in total. The van der Waals surface area contributed by atoms with E-state index in [0.29, 0.717) is 0 Å². The van der Waals surface area contributed by atoms with E-state index in [4.69, 9.17) is 33.0 Å². The van der Waals surface area contributed by atoms with E-state index in [1.165, 1.54) is 12.1 Å². The average Bonchev–Trinajstić information content (AvgIpc) is 2.38. The van der Waals surface area contributed by atoms with Crippen LogP contribution in [0.2, 0.25) is 10.0 Å². The first kappa shape index (κ1) is 13.6. The number of aromatic carboxylic acids is 1. The fraction of sp³-hybridized carbons (Fsp3) is 0.0769. The number of nitrogens with zero attached hydrogens (tertiary/aromatic N) is 1. The fourth-order valence-corrected chi connectivity index (χ4v) is 2.05. The molecule has 0 spiro atoms. The van der Waals surface area contributed by atoms with Crippen LogP contribution in [0, 0.1) is 0 Å². The molecule has 0 amide bonds. The Balaban J connectivity index is 2.27. The zero-order valence-corrected chi connectivity index (χ0v) is 11.1. The number of halogens is 2. The van der Waals surface area contributed by atoms with E-state index in [1.807, 2.05) is 0 Å². The van der Waals surface area contributed by atoms with E-state index >= 15 is 0 Å². The Bertz CT molecular complexity index is 602. The van der Waals surface area contributed by atoms with Gasteiger partial charge in [0.2, 0.25) is 0 Å². The molecule has 0 aliphatic carbocycles. The SMILES string of the molecule is O=C(O)c1cc(Cl)cc(Cl)c1OCc1ccncc1. The van der Waals surface area contributed by atoms with Crippen molar-refractivity contribution in [1.82, 2.24) is 4.98 Å². The largest absolute Gasteiger partial charge is 0.486 e. The maximum Gasteiger partial charge on any atom is 0.339 e. The summed E-state index contributed by atoms with van der Waals surface area (Å²) in [7, 11) is 0. The molecular formula is C13H9Cl2NO3. The first-order chi connectivity index (χ1) is 9.08. The molecule has 0 bridgehead atoms. The minimum absolute atomic E-state index is 0.0634. The van der Waals surface area contributed by atoms with Crippen molar-refractivity contribution in [3.05, 3.63) is 57.8 Å². The van der Waals surface area contributed by atoms with Crippen LogP contribution < -0.4 is 4.74 Å². The van der Waals surface area contributed by atoms with Gasteiger partial charge in [-0.1, -0.05) is 23.2 Å². The summed E-state index contributed by atoms with van der Waals surface area (Å²) < 4.78 is 5.47. The number of ether oxygens (including phenoxy) is 1. The highest BCUT2D eigenvalue weighted by atomic mass is 35.5. The second kappa shape index (κ2) is 5.91. The summed E-state index contributed by atoms with van der Waals surface area (Å²) in [5.74, 6) is -1.04. The summed E-state index contributed by atoms with van der Waals surface area (Å²) in [6.07, 6.45) is 3.25. The Hall–Kier alpha value is -1.78. The molecule has 0 fully saturated rings. The van der Waals surface area contributed by atoms with Crippen LogP contribution in [0.5, 0.6) is 5.75 Å². The Labute approximate surface area is 119 Å². The van der Waals surface area contributed by atoms with Gasteiger partial charge in [0, 0.05) is 17.4 Å². The van der Waals surface area contributed by atoms with Gasteiger partial charge >= 0.3 is 5.97 Å². The lowest BCUT2D eigenvalue weighted by Gasteiger charge is -2.11. The third kappa shape index (κ3) is 3.36. The van der Waals surface area contributed by atoms with E-state index in [0.717, 1.165) is 5.56 Å². The average molecular weight is 298 g/mol. The zero-order valence-electron chi connectivity index (χ0n) is 9.64. The van der Waals surface area contributed by atoms with Crippen LogP contribution in [-0.2, 0) is 6.61 Å². The van der Waals surface area contributed by atoms with Crippen LogP contribution in [0.3, 0.4) is 0 Å². The van der Waals surface area contributed by atoms with Crippen molar-refractivity contribution in [2.45, 2.75) is 6.61 Å². The summed E-state index contributed by atoms with van der Waals surface area (Å²) in [5.41, 5.74) is 0.795. The van der Waals surface area contributed by atoms with Crippen LogP contribution in [0.25, 0.3) is 0 Å². The van der Waals surface area contributed by atoms with Crippen LogP contribution in [0.4, 0.5) is 0 Å². The van der Waals surface area contributed by atoms with Gasteiger partial charge in [-0.2, -0.15) is 0 Å². The second-order valence-electron chi connectivity index (χ2n) is 3.71. The molecule has 1 aromatic heterocycles. The van der Waals surface area contributed by atoms with E-state index in [-0.39, 0.29) is 28.0 Å². The molecule has 0 unspecified atom stereocenters. The summed E-state index contributed by atoms with van der Waals surface area (Å²) >= 11 is 11.7. The number of carbonyl (C=O) groups is 1. The molecule has 1 heterocycles. The highest BCUT2D eigenvalue weighted by molar-refractivity contribution is 6.36. The van der Waals surface area contributed by atoms with Gasteiger partial charge in [-0.05, 0) is 29.8 Å². The zero-order chi connectivity index (χ0) is 13.8. The van der Waals surface area contributed by atoms with Gasteiger partial charge in [0.25, 0.3) is 0 Å². The van der Waals surface area contributed by atoms with E-state index in [1.54, 1.807) is 24.5 Å². The maximum absolute atomic E-state index is 11.1. The number of benzene rings is 1. The standard InChI is InChI=1S/C13H9Cl2NO3/c14-9-5-10(13(17)18)12(11(15)6-9)19-7-8-1-3-16-4-2-8/h1-6H,7H2,(H,17,18). The summed E-state index contributed by atoms with van der Waals surface area (Å²) in [4.78, 5) is 15.0. The number of aromatic nitrogens is 1. The normalized spacial score (nSPS) is 10.2. The van der Waals surface area contributed by atoms with Crippen molar-refractivity contribution in [3.8, 4) is 5.75 Å². The molecule has 2 rings (SSSR count). The third-order valence-electron chi connectivity index (χ3n) is 2.37. The van der Waals surface area contributed by atoms with Crippen LogP contribution >= 0.6 is 23.2 Å². The van der Waals surface area contributed by atoms with E-state index in [2.05, 4.69) is 4.98 Å². The van der Waals surface area contributed by atoms with Crippen LogP contribution in [-0.4, -0.2) is 16.1 Å². The minimum atomic E-state index is -1.14. The van der Waals surface area contributed by atoms with Gasteiger partial charge in [-0.15, -0.1) is 0 Å². The number of rotatable bonds is 4. The van der Waals surface area contributed by atoms with Crippen molar-refractivity contribution in [2.75, 3.05) is 0 Å². The fourth-order valence-electron chi connectivity index (χ4n) is 1.50. The van der Waals surface area contributed by atoms with Crippen LogP contribution in [0.1, 0.15) is 15.9 Å². The van der Waals surface area contributed by atoms with Gasteiger partial charge in [0.1, 0.15) is 12.2 Å². The maximum atomic E-state index is 11.1. The summed E-state index contributed by atoms with van der Waals surface area (Å²) in [6, 6.07) is 6.28. The molecule has 0 atom stereocenters. The highest BCUT2D eigenvalue weighted by Gasteiger charge is 2.16. The van der Waals surface area contributed by atoms with Crippen molar-refractivity contribution in [2.24, 2.45) is 0 Å². The minimum Gasteiger partial charge on any atom is -0.486 e. The monoisotopic (exact) mass is 297 g/mol. The summed E-state index contributed by atoms with van der Waals surface area (Å²) in [5, 5.41) is 9.52. The lowest BCUT2D eigenvalue weighted by Crippen LogP contribution is -2.04. The smallest absolute Gasteiger partial charge is 0.339 e. The Kier molecular flexibility index (Phi) is 4.24. The number of hydrogen-bond acceptors (Lipinski definition) is 3. The van der Waals surface area contributed by atoms with Crippen molar-refractivity contribution < 1.29 is 14.6 Å². The number of carboxylic acids is 1. The molecule has 6 heteroatoms. The third-order valence-corrected chi connectivity index (χ3v) is 2.87. The topological polar surface area (TPSA) is 59.4 Å².